The number of hydrogen-bond acceptors (Lipinski definition) is 4. The predicted molar refractivity (Wildman–Crippen MR) is 131 cm³/mol. The number of amides is 2. The Morgan fingerprint density at radius 3 is 2.15 bits per heavy atom. The van der Waals surface area contributed by atoms with E-state index in [2.05, 4.69) is 5.32 Å². The summed E-state index contributed by atoms with van der Waals surface area (Å²) >= 11 is 0. The van der Waals surface area contributed by atoms with Gasteiger partial charge >= 0.3 is 0 Å². The Morgan fingerprint density at radius 1 is 1.00 bits per heavy atom. The summed E-state index contributed by atoms with van der Waals surface area (Å²) in [6.45, 7) is 10.6. The Balaban J connectivity index is 2.08. The Bertz CT molecular complexity index is 886. The summed E-state index contributed by atoms with van der Waals surface area (Å²) in [6.07, 6.45) is 1.41. The molecule has 0 heterocycles. The molecular weight excluding hydrogens is 416 g/mol. The maximum absolute atomic E-state index is 13.3. The van der Waals surface area contributed by atoms with Crippen molar-refractivity contribution in [1.29, 1.82) is 0 Å². The first kappa shape index (κ1) is 26.2. The molecule has 0 aromatic heterocycles. The van der Waals surface area contributed by atoms with Gasteiger partial charge in [0.1, 0.15) is 17.5 Å². The molecule has 33 heavy (non-hydrogen) atoms. The van der Waals surface area contributed by atoms with Gasteiger partial charge in [-0.05, 0) is 70.4 Å². The first-order chi connectivity index (χ1) is 15.6. The second-order valence-corrected chi connectivity index (χ2v) is 9.30. The topological polar surface area (TPSA) is 67.9 Å². The third kappa shape index (κ3) is 8.79. The Hall–Kier alpha value is -3.02. The maximum Gasteiger partial charge on any atom is 0.243 e. The van der Waals surface area contributed by atoms with Crippen LogP contribution in [0.5, 0.6) is 11.5 Å². The van der Waals surface area contributed by atoms with Gasteiger partial charge in [0.05, 0.1) is 13.7 Å². The number of methoxy groups -OCH3 is 1. The lowest BCUT2D eigenvalue weighted by atomic mass is 10.0. The molecular formula is C27H38N2O4. The van der Waals surface area contributed by atoms with Gasteiger partial charge < -0.3 is 19.7 Å². The molecule has 0 fully saturated rings. The molecule has 6 nitrogen and oxygen atoms in total. The highest BCUT2D eigenvalue weighted by molar-refractivity contribution is 5.88. The van der Waals surface area contributed by atoms with Crippen LogP contribution in [0.15, 0.2) is 48.5 Å². The molecule has 0 unspecified atom stereocenters. The minimum Gasteiger partial charge on any atom is -0.497 e. The fraction of sp³-hybridized carbons (Fsp3) is 0.481. The molecule has 2 rings (SSSR count). The number of nitrogens with one attached hydrogen (secondary N) is 1. The van der Waals surface area contributed by atoms with Crippen molar-refractivity contribution in [3.05, 3.63) is 59.7 Å². The fourth-order valence-corrected chi connectivity index (χ4v) is 3.49. The van der Waals surface area contributed by atoms with Gasteiger partial charge in [-0.2, -0.15) is 0 Å². The SMILES string of the molecule is CC[C@H](C(=O)NC(C)(C)C)N(Cc1ccc(OC)cc1)C(=O)CCCOc1ccc(C)cc1. The average molecular weight is 455 g/mol. The molecule has 2 aromatic carbocycles. The molecule has 0 bridgehead atoms. The summed E-state index contributed by atoms with van der Waals surface area (Å²) in [5, 5.41) is 3.03. The van der Waals surface area contributed by atoms with E-state index in [9.17, 15) is 9.59 Å². The largest absolute Gasteiger partial charge is 0.497 e. The van der Waals surface area contributed by atoms with Crippen molar-refractivity contribution in [3.63, 3.8) is 0 Å². The van der Waals surface area contributed by atoms with Gasteiger partial charge in [-0.15, -0.1) is 0 Å². The number of nitrogens with zero attached hydrogens (tertiary/aromatic N) is 1. The van der Waals surface area contributed by atoms with E-state index in [0.29, 0.717) is 32.4 Å². The first-order valence-electron chi connectivity index (χ1n) is 11.6. The van der Waals surface area contributed by atoms with Crippen LogP contribution in [0.4, 0.5) is 0 Å². The third-order valence-electron chi connectivity index (χ3n) is 5.22. The van der Waals surface area contributed by atoms with E-state index in [-0.39, 0.29) is 17.4 Å². The molecule has 0 saturated heterocycles. The zero-order valence-corrected chi connectivity index (χ0v) is 20.8. The van der Waals surface area contributed by atoms with Gasteiger partial charge in [-0.25, -0.2) is 0 Å². The van der Waals surface area contributed by atoms with Crippen LogP contribution < -0.4 is 14.8 Å². The van der Waals surface area contributed by atoms with Crippen molar-refractivity contribution in [2.45, 2.75) is 72.0 Å². The number of hydrogen-bond donors (Lipinski definition) is 1. The number of carbonyl (C=O) groups is 2. The molecule has 0 aliphatic rings. The molecule has 2 aromatic rings. The van der Waals surface area contributed by atoms with Crippen LogP contribution in [0.1, 0.15) is 58.1 Å². The van der Waals surface area contributed by atoms with Crippen molar-refractivity contribution in [3.8, 4) is 11.5 Å². The van der Waals surface area contributed by atoms with Gasteiger partial charge in [-0.3, -0.25) is 9.59 Å². The zero-order chi connectivity index (χ0) is 24.4. The van der Waals surface area contributed by atoms with Crippen LogP contribution in [0.2, 0.25) is 0 Å². The highest BCUT2D eigenvalue weighted by Crippen LogP contribution is 2.18. The van der Waals surface area contributed by atoms with Crippen molar-refractivity contribution >= 4 is 11.8 Å². The number of rotatable bonds is 11. The molecule has 0 saturated carbocycles. The summed E-state index contributed by atoms with van der Waals surface area (Å²) < 4.78 is 11.0. The molecule has 1 atom stereocenters. The molecule has 0 spiro atoms. The van der Waals surface area contributed by atoms with Crippen molar-refractivity contribution < 1.29 is 19.1 Å². The maximum atomic E-state index is 13.3. The molecule has 0 radical (unpaired) electrons. The van der Waals surface area contributed by atoms with Crippen LogP contribution in [0, 0.1) is 6.92 Å². The predicted octanol–water partition coefficient (Wildman–Crippen LogP) is 4.88. The minimum atomic E-state index is -0.545. The van der Waals surface area contributed by atoms with Gasteiger partial charge in [-0.1, -0.05) is 36.8 Å². The lowest BCUT2D eigenvalue weighted by Gasteiger charge is -2.33. The second-order valence-electron chi connectivity index (χ2n) is 9.30. The van der Waals surface area contributed by atoms with E-state index in [1.54, 1.807) is 12.0 Å². The van der Waals surface area contributed by atoms with Crippen LogP contribution in [0.25, 0.3) is 0 Å². The quantitative estimate of drug-likeness (QED) is 0.491. The normalized spacial score (nSPS) is 12.1. The monoisotopic (exact) mass is 454 g/mol. The summed E-state index contributed by atoms with van der Waals surface area (Å²) in [5.41, 5.74) is 1.74. The van der Waals surface area contributed by atoms with Gasteiger partial charge in [0, 0.05) is 18.5 Å². The van der Waals surface area contributed by atoms with Crippen LogP contribution in [0.3, 0.4) is 0 Å². The fourth-order valence-electron chi connectivity index (χ4n) is 3.49. The standard InChI is InChI=1S/C27H38N2O4/c1-7-24(26(31)28-27(3,4)5)29(19-21-12-16-22(32-6)17-13-21)25(30)9-8-18-33-23-14-10-20(2)11-15-23/h10-17,24H,7-9,18-19H2,1-6H3,(H,28,31)/t24-/m1/s1. The van der Waals surface area contributed by atoms with E-state index in [0.717, 1.165) is 17.1 Å². The van der Waals surface area contributed by atoms with E-state index in [4.69, 9.17) is 9.47 Å². The minimum absolute atomic E-state index is 0.0609. The molecule has 2 amide bonds. The lowest BCUT2D eigenvalue weighted by molar-refractivity contribution is -0.142. The molecule has 1 N–H and O–H groups in total. The van der Waals surface area contributed by atoms with Crippen molar-refractivity contribution in [2.75, 3.05) is 13.7 Å². The Morgan fingerprint density at radius 2 is 1.61 bits per heavy atom. The average Bonchev–Trinajstić information content (AvgIpc) is 2.77. The summed E-state index contributed by atoms with van der Waals surface area (Å²) in [4.78, 5) is 28.0. The number of aryl methyl sites for hydroxylation is 1. The van der Waals surface area contributed by atoms with Crippen molar-refractivity contribution in [1.82, 2.24) is 10.2 Å². The summed E-state index contributed by atoms with van der Waals surface area (Å²) in [6, 6.07) is 14.9. The zero-order valence-electron chi connectivity index (χ0n) is 20.8. The highest BCUT2D eigenvalue weighted by Gasteiger charge is 2.30. The summed E-state index contributed by atoms with van der Waals surface area (Å²) in [7, 11) is 1.62. The van der Waals surface area contributed by atoms with E-state index in [1.807, 2.05) is 83.1 Å². The smallest absolute Gasteiger partial charge is 0.243 e. The van der Waals surface area contributed by atoms with Crippen LogP contribution in [-0.2, 0) is 16.1 Å². The molecule has 180 valence electrons. The van der Waals surface area contributed by atoms with Gasteiger partial charge in [0.25, 0.3) is 0 Å². The van der Waals surface area contributed by atoms with E-state index >= 15 is 0 Å². The van der Waals surface area contributed by atoms with Crippen LogP contribution in [-0.4, -0.2) is 42.0 Å². The van der Waals surface area contributed by atoms with E-state index in [1.165, 1.54) is 5.56 Å². The summed E-state index contributed by atoms with van der Waals surface area (Å²) in [5.74, 6) is 1.35. The Labute approximate surface area is 198 Å². The third-order valence-corrected chi connectivity index (χ3v) is 5.22. The number of ether oxygens (including phenoxy) is 2. The molecule has 0 aliphatic heterocycles. The number of benzene rings is 2. The van der Waals surface area contributed by atoms with Gasteiger partial charge in [0.15, 0.2) is 0 Å². The first-order valence-corrected chi connectivity index (χ1v) is 11.6. The molecule has 6 heteroatoms. The molecule has 0 aliphatic carbocycles. The Kier molecular flexibility index (Phi) is 9.76. The lowest BCUT2D eigenvalue weighted by Crippen LogP contribution is -2.53. The number of carbonyl (C=O) groups excluding carboxylic acids is 2. The van der Waals surface area contributed by atoms with Crippen molar-refractivity contribution in [2.24, 2.45) is 0 Å². The van der Waals surface area contributed by atoms with Crippen LogP contribution >= 0.6 is 0 Å². The second kappa shape index (κ2) is 12.3. The highest BCUT2D eigenvalue weighted by atomic mass is 16.5. The van der Waals surface area contributed by atoms with E-state index < -0.39 is 6.04 Å². The van der Waals surface area contributed by atoms with Gasteiger partial charge in [0.2, 0.25) is 11.8 Å².